The zero-order valence-corrected chi connectivity index (χ0v) is 10.6. The molecular weight excluding hydrogens is 272 g/mol. The van der Waals surface area contributed by atoms with Crippen molar-refractivity contribution in [2.24, 2.45) is 0 Å². The van der Waals surface area contributed by atoms with Crippen molar-refractivity contribution in [3.05, 3.63) is 57.4 Å². The monoisotopic (exact) mass is 280 g/mol. The topological polar surface area (TPSA) is 118 Å². The van der Waals surface area contributed by atoms with E-state index >= 15 is 0 Å². The number of aromatic nitrogens is 1. The van der Waals surface area contributed by atoms with Crippen molar-refractivity contribution in [2.45, 2.75) is 0 Å². The van der Waals surface area contributed by atoms with E-state index < -0.39 is 17.4 Å². The van der Waals surface area contributed by atoms with E-state index in [9.17, 15) is 14.4 Å². The molecule has 0 atom stereocenters. The Kier molecular flexibility index (Phi) is 2.59. The van der Waals surface area contributed by atoms with Crippen molar-refractivity contribution in [3.8, 4) is 11.8 Å². The van der Waals surface area contributed by atoms with Crippen molar-refractivity contribution >= 4 is 17.6 Å². The first-order valence-corrected chi connectivity index (χ1v) is 5.94. The average molecular weight is 280 g/mol. The number of nitrogens with zero attached hydrogens (tertiary/aromatic N) is 2. The molecule has 1 aliphatic rings. The van der Waals surface area contributed by atoms with Gasteiger partial charge in [0, 0.05) is 6.07 Å². The van der Waals surface area contributed by atoms with Gasteiger partial charge in [0.25, 0.3) is 17.4 Å². The number of hydrogen-bond donors (Lipinski definition) is 2. The first-order chi connectivity index (χ1) is 10.0. The van der Waals surface area contributed by atoms with Crippen molar-refractivity contribution in [2.75, 3.05) is 5.73 Å². The summed E-state index contributed by atoms with van der Waals surface area (Å²) in [6.07, 6.45) is 0. The van der Waals surface area contributed by atoms with E-state index in [1.54, 1.807) is 0 Å². The number of pyridine rings is 1. The third-order valence-electron chi connectivity index (χ3n) is 3.21. The fourth-order valence-corrected chi connectivity index (χ4v) is 2.23. The highest BCUT2D eigenvalue weighted by molar-refractivity contribution is 6.23. The highest BCUT2D eigenvalue weighted by Gasteiger charge is 2.31. The predicted octanol–water partition coefficient (Wildman–Crippen LogP) is 0.175. The van der Waals surface area contributed by atoms with Gasteiger partial charge in [0.05, 0.1) is 28.4 Å². The molecule has 0 aliphatic carbocycles. The van der Waals surface area contributed by atoms with E-state index in [-0.39, 0.29) is 16.9 Å². The van der Waals surface area contributed by atoms with Crippen LogP contribution in [0.5, 0.6) is 0 Å². The van der Waals surface area contributed by atoms with Gasteiger partial charge in [-0.15, -0.1) is 0 Å². The highest BCUT2D eigenvalue weighted by Crippen LogP contribution is 2.22. The lowest BCUT2D eigenvalue weighted by atomic mass is 10.1. The van der Waals surface area contributed by atoms with Crippen LogP contribution in [0.1, 0.15) is 26.3 Å². The number of nitrogen functional groups attached to an aromatic ring is 1. The Bertz CT molecular complexity index is 888. The molecule has 0 unspecified atom stereocenters. The van der Waals surface area contributed by atoms with E-state index in [2.05, 4.69) is 5.32 Å². The second-order valence-electron chi connectivity index (χ2n) is 4.43. The number of hydrogen-bond acceptors (Lipinski definition) is 5. The van der Waals surface area contributed by atoms with E-state index in [1.807, 2.05) is 6.07 Å². The highest BCUT2D eigenvalue weighted by atomic mass is 16.2. The molecule has 2 amide bonds. The first-order valence-electron chi connectivity index (χ1n) is 5.94. The zero-order valence-electron chi connectivity index (χ0n) is 10.6. The fourth-order valence-electron chi connectivity index (χ4n) is 2.23. The van der Waals surface area contributed by atoms with Crippen LogP contribution in [0.4, 0.5) is 5.82 Å². The van der Waals surface area contributed by atoms with Gasteiger partial charge in [-0.2, -0.15) is 5.26 Å². The van der Waals surface area contributed by atoms with Gasteiger partial charge in [0.2, 0.25) is 0 Å². The lowest BCUT2D eigenvalue weighted by molar-refractivity contribution is 0.0880. The van der Waals surface area contributed by atoms with Gasteiger partial charge < -0.3 is 5.73 Å². The van der Waals surface area contributed by atoms with Gasteiger partial charge >= 0.3 is 0 Å². The van der Waals surface area contributed by atoms with E-state index in [1.165, 1.54) is 24.3 Å². The standard InChI is InChI=1S/C14H8N4O3/c15-6-7-1-3-8(4-2-7)18-10(19)5-9-11(12(18)16)14(21)17-13(9)20/h1-5H,16H2,(H,17,20,21). The van der Waals surface area contributed by atoms with Crippen LogP contribution in [0, 0.1) is 11.3 Å². The summed E-state index contributed by atoms with van der Waals surface area (Å²) >= 11 is 0. The second-order valence-corrected chi connectivity index (χ2v) is 4.43. The molecule has 7 heteroatoms. The minimum absolute atomic E-state index is 0.0102. The number of imide groups is 1. The van der Waals surface area contributed by atoms with Gasteiger partial charge in [-0.05, 0) is 24.3 Å². The lowest BCUT2D eigenvalue weighted by Crippen LogP contribution is -2.24. The Morgan fingerprint density at radius 3 is 2.38 bits per heavy atom. The summed E-state index contributed by atoms with van der Waals surface area (Å²) in [5, 5.41) is 10.9. The number of rotatable bonds is 1. The molecule has 0 spiro atoms. The quantitative estimate of drug-likeness (QED) is 0.722. The number of benzene rings is 1. The number of nitrogens with one attached hydrogen (secondary N) is 1. The molecule has 0 radical (unpaired) electrons. The van der Waals surface area contributed by atoms with Crippen molar-refractivity contribution in [1.82, 2.24) is 9.88 Å². The molecule has 7 nitrogen and oxygen atoms in total. The maximum atomic E-state index is 12.1. The molecule has 0 fully saturated rings. The predicted molar refractivity (Wildman–Crippen MR) is 73.0 cm³/mol. The fraction of sp³-hybridized carbons (Fsp3) is 0. The zero-order chi connectivity index (χ0) is 15.1. The van der Waals surface area contributed by atoms with Crippen LogP contribution in [0.2, 0.25) is 0 Å². The summed E-state index contributed by atoms with van der Waals surface area (Å²) in [6, 6.07) is 9.17. The summed E-state index contributed by atoms with van der Waals surface area (Å²) in [6.45, 7) is 0. The summed E-state index contributed by atoms with van der Waals surface area (Å²) in [5.74, 6) is -1.37. The molecule has 3 rings (SSSR count). The molecule has 2 aromatic rings. The van der Waals surface area contributed by atoms with E-state index in [4.69, 9.17) is 11.0 Å². The number of nitriles is 1. The Balaban J connectivity index is 2.27. The summed E-state index contributed by atoms with van der Waals surface area (Å²) in [4.78, 5) is 35.4. The van der Waals surface area contributed by atoms with Crippen molar-refractivity contribution < 1.29 is 9.59 Å². The SMILES string of the molecule is N#Cc1ccc(-n2c(N)c3c(cc2=O)C(=O)NC3=O)cc1. The van der Waals surface area contributed by atoms with Crippen LogP contribution in [0.3, 0.4) is 0 Å². The average Bonchev–Trinajstić information content (AvgIpc) is 2.74. The minimum Gasteiger partial charge on any atom is -0.384 e. The molecule has 1 aromatic heterocycles. The van der Waals surface area contributed by atoms with E-state index in [0.717, 1.165) is 10.6 Å². The Morgan fingerprint density at radius 2 is 1.76 bits per heavy atom. The Hall–Kier alpha value is -3.40. The Labute approximate surface area is 118 Å². The van der Waals surface area contributed by atoms with Crippen molar-refractivity contribution in [1.29, 1.82) is 5.26 Å². The van der Waals surface area contributed by atoms with Crippen LogP contribution in [0.25, 0.3) is 5.69 Å². The number of anilines is 1. The number of amides is 2. The molecule has 1 aliphatic heterocycles. The molecule has 0 saturated carbocycles. The lowest BCUT2D eigenvalue weighted by Gasteiger charge is -2.11. The number of carbonyl (C=O) groups is 2. The molecule has 0 bridgehead atoms. The largest absolute Gasteiger partial charge is 0.384 e. The smallest absolute Gasteiger partial charge is 0.262 e. The van der Waals surface area contributed by atoms with E-state index in [0.29, 0.717) is 11.3 Å². The van der Waals surface area contributed by atoms with Gasteiger partial charge in [-0.3, -0.25) is 24.3 Å². The Morgan fingerprint density at radius 1 is 1.10 bits per heavy atom. The summed E-state index contributed by atoms with van der Waals surface area (Å²) in [7, 11) is 0. The van der Waals surface area contributed by atoms with Gasteiger partial charge in [0.1, 0.15) is 5.82 Å². The molecule has 3 N–H and O–H groups in total. The van der Waals surface area contributed by atoms with Crippen LogP contribution >= 0.6 is 0 Å². The van der Waals surface area contributed by atoms with Crippen LogP contribution in [-0.4, -0.2) is 16.4 Å². The molecular formula is C14H8N4O3. The minimum atomic E-state index is -0.634. The second kappa shape index (κ2) is 4.31. The number of carbonyl (C=O) groups excluding carboxylic acids is 2. The van der Waals surface area contributed by atoms with Crippen LogP contribution in [-0.2, 0) is 0 Å². The number of nitrogens with two attached hydrogens (primary N) is 1. The maximum absolute atomic E-state index is 12.1. The van der Waals surface area contributed by atoms with Gasteiger partial charge in [-0.1, -0.05) is 0 Å². The normalized spacial score (nSPS) is 12.7. The van der Waals surface area contributed by atoms with Crippen molar-refractivity contribution in [3.63, 3.8) is 0 Å². The number of fused-ring (bicyclic) bond motifs is 1. The van der Waals surface area contributed by atoms with Gasteiger partial charge in [-0.25, -0.2) is 0 Å². The van der Waals surface area contributed by atoms with Crippen LogP contribution in [0.15, 0.2) is 35.1 Å². The third kappa shape index (κ3) is 1.78. The molecule has 21 heavy (non-hydrogen) atoms. The summed E-state index contributed by atoms with van der Waals surface area (Å²) in [5.41, 5.74) is 6.16. The maximum Gasteiger partial charge on any atom is 0.262 e. The van der Waals surface area contributed by atoms with Crippen LogP contribution < -0.4 is 16.6 Å². The van der Waals surface area contributed by atoms with Gasteiger partial charge in [0.15, 0.2) is 0 Å². The molecule has 102 valence electrons. The first kappa shape index (κ1) is 12.6. The molecule has 2 heterocycles. The molecule has 0 saturated heterocycles. The third-order valence-corrected chi connectivity index (χ3v) is 3.21. The summed E-state index contributed by atoms with van der Waals surface area (Å²) < 4.78 is 1.12. The molecule has 1 aromatic carbocycles.